The Morgan fingerprint density at radius 3 is 1.70 bits per heavy atom. The first-order valence-corrected chi connectivity index (χ1v) is 21.3. The van der Waals surface area contributed by atoms with Crippen molar-refractivity contribution in [3.63, 3.8) is 0 Å². The first-order valence-electron chi connectivity index (χ1n) is 21.3. The number of hydrogen-bond donors (Lipinski definition) is 0. The SMILES string of the molecule is Cc1ccc(N(c2ccc(-c3cccc(-c4ccccc4)c3)cc2)c2ccc3c(c2)C(C)(C)c2cc(CCC(c4ccccc4)c4ccc5ccccc5c4)ccc2-3)cc1. The van der Waals surface area contributed by atoms with E-state index in [1.54, 1.807) is 0 Å². The molecule has 1 atom stereocenters. The predicted octanol–water partition coefficient (Wildman–Crippen LogP) is 16.0. The van der Waals surface area contributed by atoms with Crippen molar-refractivity contribution in [2.45, 2.75) is 44.9 Å². The Morgan fingerprint density at radius 2 is 0.983 bits per heavy atom. The maximum Gasteiger partial charge on any atom is 0.0465 e. The van der Waals surface area contributed by atoms with E-state index in [0.29, 0.717) is 5.92 Å². The summed E-state index contributed by atoms with van der Waals surface area (Å²) in [6.45, 7) is 6.96. The van der Waals surface area contributed by atoms with Gasteiger partial charge in [0.05, 0.1) is 0 Å². The van der Waals surface area contributed by atoms with Crippen molar-refractivity contribution in [1.82, 2.24) is 0 Å². The molecule has 0 spiro atoms. The smallest absolute Gasteiger partial charge is 0.0465 e. The third kappa shape index (κ3) is 7.11. The normalized spacial score (nSPS) is 13.1. The fraction of sp³-hybridized carbons (Fsp3) is 0.119. The molecule has 0 saturated carbocycles. The van der Waals surface area contributed by atoms with Crippen LogP contribution in [0.1, 0.15) is 59.6 Å². The average molecular weight is 772 g/mol. The Balaban J connectivity index is 0.952. The van der Waals surface area contributed by atoms with Crippen molar-refractivity contribution >= 4 is 27.8 Å². The van der Waals surface area contributed by atoms with E-state index in [2.05, 4.69) is 238 Å². The van der Waals surface area contributed by atoms with Crippen LogP contribution in [0.15, 0.2) is 212 Å². The van der Waals surface area contributed by atoms with E-state index in [4.69, 9.17) is 0 Å². The number of hydrogen-bond acceptors (Lipinski definition) is 1. The summed E-state index contributed by atoms with van der Waals surface area (Å²) in [7, 11) is 0. The Kier molecular flexibility index (Phi) is 9.74. The molecule has 0 aliphatic heterocycles. The minimum atomic E-state index is -0.152. The topological polar surface area (TPSA) is 3.24 Å². The van der Waals surface area contributed by atoms with Crippen molar-refractivity contribution in [3.8, 4) is 33.4 Å². The molecule has 0 saturated heterocycles. The summed E-state index contributed by atoms with van der Waals surface area (Å²) in [5.74, 6) is 0.318. The summed E-state index contributed by atoms with van der Waals surface area (Å²) in [5.41, 5.74) is 19.0. The summed E-state index contributed by atoms with van der Waals surface area (Å²) in [4.78, 5) is 2.41. The zero-order valence-corrected chi connectivity index (χ0v) is 34.6. The molecule has 1 aliphatic rings. The summed E-state index contributed by atoms with van der Waals surface area (Å²) in [6, 6.07) is 78.5. The van der Waals surface area contributed by atoms with E-state index in [-0.39, 0.29) is 5.41 Å². The van der Waals surface area contributed by atoms with Crippen LogP contribution in [0.5, 0.6) is 0 Å². The lowest BCUT2D eigenvalue weighted by molar-refractivity contribution is 0.657. The van der Waals surface area contributed by atoms with Gasteiger partial charge in [-0.3, -0.25) is 0 Å². The fourth-order valence-corrected chi connectivity index (χ4v) is 9.47. The van der Waals surface area contributed by atoms with Crippen LogP contribution < -0.4 is 4.90 Å². The van der Waals surface area contributed by atoms with Gasteiger partial charge in [-0.05, 0) is 134 Å². The number of aryl methyl sites for hydroxylation is 2. The predicted molar refractivity (Wildman–Crippen MR) is 255 cm³/mol. The molecule has 1 aliphatic carbocycles. The van der Waals surface area contributed by atoms with Crippen molar-refractivity contribution in [1.29, 1.82) is 0 Å². The van der Waals surface area contributed by atoms with Gasteiger partial charge in [0.2, 0.25) is 0 Å². The molecule has 0 amide bonds. The zero-order chi connectivity index (χ0) is 40.6. The van der Waals surface area contributed by atoms with Crippen LogP contribution in [-0.2, 0) is 11.8 Å². The van der Waals surface area contributed by atoms with E-state index in [1.807, 2.05) is 0 Å². The summed E-state index contributed by atoms with van der Waals surface area (Å²) in [6.07, 6.45) is 2.05. The molecule has 0 N–H and O–H groups in total. The largest absolute Gasteiger partial charge is 0.310 e. The Labute approximate surface area is 355 Å². The number of rotatable bonds is 10. The van der Waals surface area contributed by atoms with Crippen molar-refractivity contribution in [3.05, 3.63) is 246 Å². The van der Waals surface area contributed by atoms with Crippen LogP contribution in [0.2, 0.25) is 0 Å². The minimum Gasteiger partial charge on any atom is -0.310 e. The molecule has 0 radical (unpaired) electrons. The number of benzene rings is 9. The van der Waals surface area contributed by atoms with Gasteiger partial charge in [0.25, 0.3) is 0 Å². The second-order valence-corrected chi connectivity index (χ2v) is 17.0. The molecule has 9 aromatic carbocycles. The third-order valence-corrected chi connectivity index (χ3v) is 12.8. The van der Waals surface area contributed by atoms with Crippen LogP contribution in [0, 0.1) is 6.92 Å². The van der Waals surface area contributed by atoms with Crippen LogP contribution >= 0.6 is 0 Å². The zero-order valence-electron chi connectivity index (χ0n) is 34.6. The van der Waals surface area contributed by atoms with Crippen molar-refractivity contribution in [2.75, 3.05) is 4.90 Å². The molecule has 0 fully saturated rings. The van der Waals surface area contributed by atoms with Crippen LogP contribution in [-0.4, -0.2) is 0 Å². The van der Waals surface area contributed by atoms with E-state index in [9.17, 15) is 0 Å². The summed E-state index contributed by atoms with van der Waals surface area (Å²) < 4.78 is 0. The third-order valence-electron chi connectivity index (χ3n) is 12.8. The van der Waals surface area contributed by atoms with Gasteiger partial charge in [0.1, 0.15) is 0 Å². The summed E-state index contributed by atoms with van der Waals surface area (Å²) in [5, 5.41) is 2.59. The molecular formula is C59H49N. The molecule has 0 bridgehead atoms. The lowest BCUT2D eigenvalue weighted by Crippen LogP contribution is -2.17. The van der Waals surface area contributed by atoms with Gasteiger partial charge in [-0.25, -0.2) is 0 Å². The molecule has 0 heterocycles. The van der Waals surface area contributed by atoms with E-state index in [0.717, 1.165) is 24.2 Å². The van der Waals surface area contributed by atoms with Crippen molar-refractivity contribution < 1.29 is 0 Å². The van der Waals surface area contributed by atoms with E-state index in [1.165, 1.54) is 83.2 Å². The highest BCUT2D eigenvalue weighted by molar-refractivity contribution is 5.87. The molecule has 1 nitrogen and oxygen atoms in total. The minimum absolute atomic E-state index is 0.152. The lowest BCUT2D eigenvalue weighted by atomic mass is 9.81. The van der Waals surface area contributed by atoms with Crippen LogP contribution in [0.25, 0.3) is 44.2 Å². The highest BCUT2D eigenvalue weighted by atomic mass is 15.1. The molecule has 9 aromatic rings. The van der Waals surface area contributed by atoms with Crippen LogP contribution in [0.4, 0.5) is 17.1 Å². The molecular weight excluding hydrogens is 723 g/mol. The van der Waals surface area contributed by atoms with Crippen molar-refractivity contribution in [2.24, 2.45) is 0 Å². The van der Waals surface area contributed by atoms with Gasteiger partial charge >= 0.3 is 0 Å². The quantitative estimate of drug-likeness (QED) is 0.134. The second kappa shape index (κ2) is 15.7. The van der Waals surface area contributed by atoms with Gasteiger partial charge in [-0.15, -0.1) is 0 Å². The number of fused-ring (bicyclic) bond motifs is 4. The van der Waals surface area contributed by atoms with Gasteiger partial charge in [-0.2, -0.15) is 0 Å². The average Bonchev–Trinajstić information content (AvgIpc) is 3.52. The van der Waals surface area contributed by atoms with E-state index < -0.39 is 0 Å². The molecule has 1 unspecified atom stereocenters. The first-order chi connectivity index (χ1) is 29.4. The molecule has 10 rings (SSSR count). The highest BCUT2D eigenvalue weighted by Crippen LogP contribution is 2.51. The monoisotopic (exact) mass is 771 g/mol. The number of anilines is 3. The highest BCUT2D eigenvalue weighted by Gasteiger charge is 2.36. The molecule has 0 aromatic heterocycles. The second-order valence-electron chi connectivity index (χ2n) is 17.0. The van der Waals surface area contributed by atoms with E-state index >= 15 is 0 Å². The molecule has 60 heavy (non-hydrogen) atoms. The van der Waals surface area contributed by atoms with Gasteiger partial charge in [0, 0.05) is 28.4 Å². The molecule has 290 valence electrons. The Hall–Kier alpha value is -6.96. The summed E-state index contributed by atoms with van der Waals surface area (Å²) >= 11 is 0. The maximum atomic E-state index is 2.50. The Bertz CT molecular complexity index is 2940. The lowest BCUT2D eigenvalue weighted by Gasteiger charge is -2.28. The fourth-order valence-electron chi connectivity index (χ4n) is 9.47. The van der Waals surface area contributed by atoms with Crippen LogP contribution in [0.3, 0.4) is 0 Å². The standard InChI is InChI=1S/C59H49N/c1-41-21-29-51(30-22-41)60(52-31-27-45(28-32-52)49-20-12-19-48(38-49)43-13-6-4-7-14-43)53-33-36-56-55-35-24-42(37-57(55)59(2,3)58(56)40-53)23-34-54(46-16-8-5-9-17-46)50-26-25-44-15-10-11-18-47(44)39-50/h4-22,24-33,35-40,54H,23,34H2,1-3H3. The maximum absolute atomic E-state index is 2.50. The Morgan fingerprint density at radius 1 is 0.417 bits per heavy atom. The van der Waals surface area contributed by atoms with Gasteiger partial charge < -0.3 is 4.90 Å². The first kappa shape index (κ1) is 37.3. The van der Waals surface area contributed by atoms with Gasteiger partial charge in [-0.1, -0.05) is 189 Å². The molecule has 1 heteroatoms. The number of nitrogens with zero attached hydrogens (tertiary/aromatic N) is 1. The van der Waals surface area contributed by atoms with Gasteiger partial charge in [0.15, 0.2) is 0 Å².